The number of aliphatic hydroxyl groups is 1. The molecule has 7 heteroatoms. The molecule has 2 heterocycles. The van der Waals surface area contributed by atoms with Crippen LogP contribution in [0.4, 0.5) is 0 Å². The Morgan fingerprint density at radius 1 is 1.58 bits per heavy atom. The summed E-state index contributed by atoms with van der Waals surface area (Å²) in [5.74, 6) is -0.383. The third-order valence-corrected chi connectivity index (χ3v) is 3.38. The molecule has 1 aliphatic rings. The minimum Gasteiger partial charge on any atom is -0.394 e. The Hall–Kier alpha value is -1.73. The molecule has 0 bridgehead atoms. The molecule has 0 aliphatic carbocycles. The monoisotopic (exact) mass is 267 g/mol. The fraction of sp³-hybridized carbons (Fsp3) is 0.583. The van der Waals surface area contributed by atoms with Crippen molar-refractivity contribution in [2.45, 2.75) is 19.9 Å². The van der Waals surface area contributed by atoms with Gasteiger partial charge in [-0.25, -0.2) is 5.10 Å². The van der Waals surface area contributed by atoms with Crippen molar-refractivity contribution in [1.29, 1.82) is 0 Å². The van der Waals surface area contributed by atoms with Gasteiger partial charge in [0.2, 0.25) is 0 Å². The molecule has 0 radical (unpaired) electrons. The molecule has 1 aromatic rings. The second-order valence-corrected chi connectivity index (χ2v) is 4.55. The van der Waals surface area contributed by atoms with E-state index < -0.39 is 11.6 Å². The van der Waals surface area contributed by atoms with Crippen molar-refractivity contribution in [3.05, 3.63) is 27.2 Å². The number of nitrogens with one attached hydrogen (secondary N) is 1. The van der Waals surface area contributed by atoms with Gasteiger partial charge in [0, 0.05) is 6.54 Å². The van der Waals surface area contributed by atoms with Crippen molar-refractivity contribution in [3.8, 4) is 0 Å². The second kappa shape index (κ2) is 5.50. The molecule has 104 valence electrons. The fourth-order valence-electron chi connectivity index (χ4n) is 2.10. The summed E-state index contributed by atoms with van der Waals surface area (Å²) >= 11 is 0. The van der Waals surface area contributed by atoms with E-state index in [1.807, 2.05) is 0 Å². The number of morpholine rings is 1. The van der Waals surface area contributed by atoms with Crippen molar-refractivity contribution < 1.29 is 14.6 Å². The maximum absolute atomic E-state index is 12.5. The van der Waals surface area contributed by atoms with Crippen molar-refractivity contribution in [1.82, 2.24) is 15.1 Å². The van der Waals surface area contributed by atoms with Crippen molar-refractivity contribution in [2.75, 3.05) is 26.4 Å². The molecule has 1 amide bonds. The minimum atomic E-state index is -0.503. The van der Waals surface area contributed by atoms with E-state index in [1.165, 1.54) is 4.90 Å². The summed E-state index contributed by atoms with van der Waals surface area (Å²) in [4.78, 5) is 25.8. The van der Waals surface area contributed by atoms with Gasteiger partial charge in [-0.2, -0.15) is 5.10 Å². The molecule has 1 unspecified atom stereocenters. The SMILES string of the molecule is Cc1n[nH]c(=O)c(C(=O)N2CCOCC2CO)c1C. The highest BCUT2D eigenvalue weighted by Gasteiger charge is 2.30. The lowest BCUT2D eigenvalue weighted by atomic mass is 10.1. The van der Waals surface area contributed by atoms with E-state index in [1.54, 1.807) is 13.8 Å². The van der Waals surface area contributed by atoms with E-state index in [0.717, 1.165) is 0 Å². The molecule has 7 nitrogen and oxygen atoms in total. The van der Waals surface area contributed by atoms with Gasteiger partial charge < -0.3 is 14.7 Å². The predicted octanol–water partition coefficient (Wildman–Crippen LogP) is -0.780. The van der Waals surface area contributed by atoms with Crippen LogP contribution < -0.4 is 5.56 Å². The van der Waals surface area contributed by atoms with Gasteiger partial charge in [0.1, 0.15) is 5.56 Å². The van der Waals surface area contributed by atoms with Gasteiger partial charge in [-0.05, 0) is 19.4 Å². The molecule has 1 fully saturated rings. The number of hydrogen-bond acceptors (Lipinski definition) is 5. The van der Waals surface area contributed by atoms with Crippen LogP contribution in [-0.2, 0) is 4.74 Å². The number of carbonyl (C=O) groups is 1. The number of aliphatic hydroxyl groups excluding tert-OH is 1. The molecule has 2 rings (SSSR count). The van der Waals surface area contributed by atoms with Gasteiger partial charge >= 0.3 is 0 Å². The lowest BCUT2D eigenvalue weighted by molar-refractivity contribution is -0.0185. The number of aromatic amines is 1. The van der Waals surface area contributed by atoms with E-state index >= 15 is 0 Å². The van der Waals surface area contributed by atoms with Crippen molar-refractivity contribution in [3.63, 3.8) is 0 Å². The smallest absolute Gasteiger partial charge is 0.277 e. The van der Waals surface area contributed by atoms with Gasteiger partial charge in [-0.15, -0.1) is 0 Å². The largest absolute Gasteiger partial charge is 0.394 e. The van der Waals surface area contributed by atoms with E-state index in [4.69, 9.17) is 4.74 Å². The van der Waals surface area contributed by atoms with Gasteiger partial charge in [0.25, 0.3) is 11.5 Å². The Bertz CT molecular complexity index is 540. The van der Waals surface area contributed by atoms with Crippen LogP contribution in [0, 0.1) is 13.8 Å². The highest BCUT2D eigenvalue weighted by molar-refractivity contribution is 5.95. The highest BCUT2D eigenvalue weighted by atomic mass is 16.5. The molecule has 19 heavy (non-hydrogen) atoms. The first-order chi connectivity index (χ1) is 9.06. The number of amides is 1. The number of rotatable bonds is 2. The molecule has 0 aromatic carbocycles. The number of carbonyl (C=O) groups excluding carboxylic acids is 1. The molecule has 1 aliphatic heterocycles. The van der Waals surface area contributed by atoms with Crippen LogP contribution in [0.1, 0.15) is 21.6 Å². The molecule has 0 spiro atoms. The van der Waals surface area contributed by atoms with E-state index in [9.17, 15) is 14.7 Å². The maximum Gasteiger partial charge on any atom is 0.277 e. The lowest BCUT2D eigenvalue weighted by Crippen LogP contribution is -2.51. The first-order valence-corrected chi connectivity index (χ1v) is 6.11. The summed E-state index contributed by atoms with van der Waals surface area (Å²) in [5.41, 5.74) is 0.762. The highest BCUT2D eigenvalue weighted by Crippen LogP contribution is 2.13. The zero-order chi connectivity index (χ0) is 14.0. The molecule has 0 saturated carbocycles. The second-order valence-electron chi connectivity index (χ2n) is 4.55. The molecule has 1 saturated heterocycles. The number of aromatic nitrogens is 2. The Morgan fingerprint density at radius 2 is 2.32 bits per heavy atom. The first-order valence-electron chi connectivity index (χ1n) is 6.11. The quantitative estimate of drug-likeness (QED) is 0.733. The first kappa shape index (κ1) is 13.7. The average molecular weight is 267 g/mol. The Labute approximate surface area is 110 Å². The van der Waals surface area contributed by atoms with E-state index in [0.29, 0.717) is 24.4 Å². The third-order valence-electron chi connectivity index (χ3n) is 3.38. The lowest BCUT2D eigenvalue weighted by Gasteiger charge is -2.34. The standard InChI is InChI=1S/C12H17N3O4/c1-7-8(2)13-14-11(17)10(7)12(18)15-3-4-19-6-9(15)5-16/h9,16H,3-6H2,1-2H3,(H,14,17). The summed E-state index contributed by atoms with van der Waals surface area (Å²) in [6.07, 6.45) is 0. The third kappa shape index (κ3) is 2.52. The number of hydrogen-bond donors (Lipinski definition) is 2. The fourth-order valence-corrected chi connectivity index (χ4v) is 2.10. The molecular weight excluding hydrogens is 250 g/mol. The van der Waals surface area contributed by atoms with E-state index in [2.05, 4.69) is 10.2 Å². The number of ether oxygens (including phenoxy) is 1. The summed E-state index contributed by atoms with van der Waals surface area (Å²) < 4.78 is 5.22. The van der Waals surface area contributed by atoms with Gasteiger partial charge in [-0.1, -0.05) is 0 Å². The Balaban J connectivity index is 2.38. The van der Waals surface area contributed by atoms with Crippen molar-refractivity contribution >= 4 is 5.91 Å². The Morgan fingerprint density at radius 3 is 3.00 bits per heavy atom. The van der Waals surface area contributed by atoms with Crippen molar-refractivity contribution in [2.24, 2.45) is 0 Å². The van der Waals surface area contributed by atoms with Gasteiger partial charge in [-0.3, -0.25) is 9.59 Å². The topological polar surface area (TPSA) is 95.5 Å². The summed E-state index contributed by atoms with van der Waals surface area (Å²) in [6, 6.07) is -0.409. The van der Waals surface area contributed by atoms with Crippen LogP contribution in [0.15, 0.2) is 4.79 Å². The van der Waals surface area contributed by atoms with Crippen LogP contribution in [0.5, 0.6) is 0 Å². The zero-order valence-corrected chi connectivity index (χ0v) is 11.0. The Kier molecular flexibility index (Phi) is 3.96. The minimum absolute atomic E-state index is 0.0906. The van der Waals surface area contributed by atoms with Crippen LogP contribution in [0.25, 0.3) is 0 Å². The number of nitrogens with zero attached hydrogens (tertiary/aromatic N) is 2. The predicted molar refractivity (Wildman–Crippen MR) is 67.1 cm³/mol. The van der Waals surface area contributed by atoms with Gasteiger partial charge in [0.05, 0.1) is 31.6 Å². The molecule has 1 atom stereocenters. The summed E-state index contributed by atoms with van der Waals surface area (Å²) in [6.45, 7) is 4.29. The maximum atomic E-state index is 12.5. The van der Waals surface area contributed by atoms with Crippen LogP contribution in [0.3, 0.4) is 0 Å². The van der Waals surface area contributed by atoms with E-state index in [-0.39, 0.29) is 24.7 Å². The number of H-pyrrole nitrogens is 1. The van der Waals surface area contributed by atoms with Crippen LogP contribution in [0.2, 0.25) is 0 Å². The molecule has 1 aromatic heterocycles. The normalized spacial score (nSPS) is 19.5. The number of aryl methyl sites for hydroxylation is 1. The van der Waals surface area contributed by atoms with Crippen LogP contribution in [-0.4, -0.2) is 58.5 Å². The zero-order valence-electron chi connectivity index (χ0n) is 11.0. The molecular formula is C12H17N3O4. The molecule has 2 N–H and O–H groups in total. The van der Waals surface area contributed by atoms with Crippen LogP contribution >= 0.6 is 0 Å². The average Bonchev–Trinajstić information content (AvgIpc) is 2.43. The summed E-state index contributed by atoms with van der Waals surface area (Å²) in [5, 5.41) is 15.4. The summed E-state index contributed by atoms with van der Waals surface area (Å²) in [7, 11) is 0. The van der Waals surface area contributed by atoms with Gasteiger partial charge in [0.15, 0.2) is 0 Å².